The summed E-state index contributed by atoms with van der Waals surface area (Å²) in [6.07, 6.45) is 2.43. The molecule has 1 rings (SSSR count). The molecule has 0 aromatic rings. The Morgan fingerprint density at radius 1 is 0.765 bits per heavy atom. The van der Waals surface area contributed by atoms with Crippen LogP contribution in [0.25, 0.3) is 0 Å². The summed E-state index contributed by atoms with van der Waals surface area (Å²) in [6, 6.07) is 0. The van der Waals surface area contributed by atoms with Gasteiger partial charge >= 0.3 is 0 Å². The van der Waals surface area contributed by atoms with Gasteiger partial charge in [0.25, 0.3) is 0 Å². The van der Waals surface area contributed by atoms with Crippen molar-refractivity contribution in [3.63, 3.8) is 0 Å². The highest BCUT2D eigenvalue weighted by Gasteiger charge is 2.40. The van der Waals surface area contributed by atoms with E-state index in [0.29, 0.717) is 10.5 Å². The Hall–Kier alpha value is -0.303. The van der Waals surface area contributed by atoms with Crippen LogP contribution in [0.3, 0.4) is 0 Å². The fourth-order valence-electron chi connectivity index (χ4n) is 2.79. The lowest BCUT2D eigenvalue weighted by atomic mass is 9.81. The summed E-state index contributed by atoms with van der Waals surface area (Å²) in [5, 5.41) is 2.23. The van der Waals surface area contributed by atoms with Crippen LogP contribution in [-0.4, -0.2) is 8.80 Å². The van der Waals surface area contributed by atoms with Gasteiger partial charge in [-0.3, -0.25) is 0 Å². The molecule has 17 heavy (non-hydrogen) atoms. The Kier molecular flexibility index (Phi) is 3.57. The van der Waals surface area contributed by atoms with E-state index in [1.54, 1.807) is 10.8 Å². The maximum Gasteiger partial charge on any atom is 0.0952 e. The van der Waals surface area contributed by atoms with Crippen LogP contribution in [-0.2, 0) is 0 Å². The Labute approximate surface area is 110 Å². The Morgan fingerprint density at radius 2 is 1.24 bits per heavy atom. The van der Waals surface area contributed by atoms with Crippen molar-refractivity contribution in [3.8, 4) is 0 Å². The Balaban J connectivity index is 3.36. The van der Waals surface area contributed by atoms with Gasteiger partial charge in [0.1, 0.15) is 0 Å². The molecule has 1 atom stereocenters. The van der Waals surface area contributed by atoms with E-state index < -0.39 is 8.80 Å². The van der Waals surface area contributed by atoms with Gasteiger partial charge in [-0.05, 0) is 21.4 Å². The Morgan fingerprint density at radius 3 is 1.53 bits per heavy atom. The van der Waals surface area contributed by atoms with Crippen molar-refractivity contribution in [2.75, 3.05) is 0 Å². The third-order valence-corrected chi connectivity index (χ3v) is 7.85. The van der Waals surface area contributed by atoms with Crippen molar-refractivity contribution in [1.82, 2.24) is 0 Å². The standard InChI is InChI=1S/C16H30Si/c1-14(2,3)12-10-11-17(16(7,8)9)13(12)15(4,5)6/h10-11,17H,1-9H3. The van der Waals surface area contributed by atoms with Crippen LogP contribution in [0.1, 0.15) is 62.3 Å². The van der Waals surface area contributed by atoms with E-state index in [4.69, 9.17) is 0 Å². The van der Waals surface area contributed by atoms with Crippen molar-refractivity contribution in [3.05, 3.63) is 22.5 Å². The molecule has 1 heteroatoms. The van der Waals surface area contributed by atoms with Crippen molar-refractivity contribution in [1.29, 1.82) is 0 Å². The molecule has 1 aliphatic heterocycles. The maximum atomic E-state index is 2.56. The molecule has 0 amide bonds. The SMILES string of the molecule is CC(C)(C)C1=C(C(C)(C)C)[SiH](C(C)(C)C)C=C1. The summed E-state index contributed by atoms with van der Waals surface area (Å²) >= 11 is 0. The van der Waals surface area contributed by atoms with Crippen molar-refractivity contribution in [2.24, 2.45) is 10.8 Å². The first kappa shape index (κ1) is 14.8. The largest absolute Gasteiger partial charge is 0.0952 e. The van der Waals surface area contributed by atoms with Gasteiger partial charge < -0.3 is 0 Å². The summed E-state index contributed by atoms with van der Waals surface area (Å²) < 4.78 is 0. The molecule has 1 heterocycles. The molecule has 0 bridgehead atoms. The summed E-state index contributed by atoms with van der Waals surface area (Å²) in [7, 11) is -0.968. The van der Waals surface area contributed by atoms with Gasteiger partial charge in [0, 0.05) is 0 Å². The zero-order valence-corrected chi connectivity index (χ0v) is 14.4. The molecule has 0 fully saturated rings. The number of allylic oxidation sites excluding steroid dienone is 3. The first-order chi connectivity index (χ1) is 7.35. The molecule has 0 saturated carbocycles. The quantitative estimate of drug-likeness (QED) is 0.528. The molecule has 0 nitrogen and oxygen atoms in total. The van der Waals surface area contributed by atoms with Crippen molar-refractivity contribution < 1.29 is 0 Å². The topological polar surface area (TPSA) is 0 Å². The average molecular weight is 251 g/mol. The molecule has 0 saturated heterocycles. The second-order valence-electron chi connectivity index (χ2n) is 8.53. The van der Waals surface area contributed by atoms with E-state index in [1.165, 1.54) is 0 Å². The third-order valence-electron chi connectivity index (χ3n) is 3.61. The first-order valence-corrected chi connectivity index (χ1v) is 8.60. The number of rotatable bonds is 0. The molecule has 0 N–H and O–H groups in total. The van der Waals surface area contributed by atoms with E-state index in [1.807, 2.05) is 0 Å². The second-order valence-corrected chi connectivity index (χ2v) is 12.2. The normalized spacial score (nSPS) is 22.5. The highest BCUT2D eigenvalue weighted by molar-refractivity contribution is 6.76. The molecule has 1 aliphatic rings. The molecule has 0 radical (unpaired) electrons. The highest BCUT2D eigenvalue weighted by atomic mass is 28.3. The van der Waals surface area contributed by atoms with Crippen LogP contribution in [0.4, 0.5) is 0 Å². The molecular weight excluding hydrogens is 220 g/mol. The van der Waals surface area contributed by atoms with E-state index in [-0.39, 0.29) is 5.41 Å². The summed E-state index contributed by atoms with van der Waals surface area (Å²) in [5.74, 6) is 0. The fourth-order valence-corrected chi connectivity index (χ4v) is 6.61. The second kappa shape index (κ2) is 4.12. The highest BCUT2D eigenvalue weighted by Crippen LogP contribution is 2.47. The van der Waals surface area contributed by atoms with Gasteiger partial charge in [-0.15, -0.1) is 0 Å². The van der Waals surface area contributed by atoms with Crippen molar-refractivity contribution >= 4 is 8.80 Å². The molecule has 0 spiro atoms. The number of hydrogen-bond acceptors (Lipinski definition) is 0. The van der Waals surface area contributed by atoms with Crippen LogP contribution < -0.4 is 0 Å². The van der Waals surface area contributed by atoms with E-state index >= 15 is 0 Å². The van der Waals surface area contributed by atoms with Gasteiger partial charge in [0.2, 0.25) is 0 Å². The van der Waals surface area contributed by atoms with E-state index in [9.17, 15) is 0 Å². The summed E-state index contributed by atoms with van der Waals surface area (Å²) in [4.78, 5) is 0. The van der Waals surface area contributed by atoms with Crippen molar-refractivity contribution in [2.45, 2.75) is 67.4 Å². The molecule has 0 aliphatic carbocycles. The van der Waals surface area contributed by atoms with Gasteiger partial charge in [0.15, 0.2) is 0 Å². The lowest BCUT2D eigenvalue weighted by Gasteiger charge is -2.37. The zero-order chi connectivity index (χ0) is 13.6. The van der Waals surface area contributed by atoms with Gasteiger partial charge in [-0.25, -0.2) is 0 Å². The van der Waals surface area contributed by atoms with Gasteiger partial charge in [0.05, 0.1) is 8.80 Å². The molecular formula is C16H30Si. The summed E-state index contributed by atoms with van der Waals surface area (Å²) in [6.45, 7) is 21.4. The lowest BCUT2D eigenvalue weighted by molar-refractivity contribution is 0.470. The molecule has 1 unspecified atom stereocenters. The minimum absolute atomic E-state index is 0.284. The molecule has 98 valence electrons. The minimum Gasteiger partial charge on any atom is -0.0924 e. The maximum absolute atomic E-state index is 2.56. The van der Waals surface area contributed by atoms with Crippen LogP contribution in [0.2, 0.25) is 5.04 Å². The van der Waals surface area contributed by atoms with Gasteiger partial charge in [-0.2, -0.15) is 0 Å². The zero-order valence-electron chi connectivity index (χ0n) is 13.2. The Bertz CT molecular complexity index is 350. The monoisotopic (exact) mass is 250 g/mol. The van der Waals surface area contributed by atoms with Crippen LogP contribution in [0, 0.1) is 10.8 Å². The average Bonchev–Trinajstić information content (AvgIpc) is 2.42. The van der Waals surface area contributed by atoms with E-state index in [0.717, 1.165) is 0 Å². The fraction of sp³-hybridized carbons (Fsp3) is 0.750. The van der Waals surface area contributed by atoms with Crippen LogP contribution in [0.5, 0.6) is 0 Å². The minimum atomic E-state index is -0.968. The predicted octanol–water partition coefficient (Wildman–Crippen LogP) is 5.05. The summed E-state index contributed by atoms with van der Waals surface area (Å²) in [5.41, 5.74) is 4.76. The first-order valence-electron chi connectivity index (χ1n) is 6.78. The van der Waals surface area contributed by atoms with Crippen LogP contribution >= 0.6 is 0 Å². The third kappa shape index (κ3) is 3.13. The molecule has 0 aromatic carbocycles. The van der Waals surface area contributed by atoms with Crippen LogP contribution in [0.15, 0.2) is 22.5 Å². The smallest absolute Gasteiger partial charge is 0.0924 e. The number of hydrogen-bond donors (Lipinski definition) is 0. The van der Waals surface area contributed by atoms with E-state index in [2.05, 4.69) is 74.1 Å². The molecule has 0 aromatic heterocycles. The van der Waals surface area contributed by atoms with Gasteiger partial charge in [-0.1, -0.05) is 79.3 Å². The lowest BCUT2D eigenvalue weighted by Crippen LogP contribution is -2.33. The predicted molar refractivity (Wildman–Crippen MR) is 81.9 cm³/mol.